The second-order valence-corrected chi connectivity index (χ2v) is 6.83. The molecule has 0 saturated carbocycles. The maximum Gasteiger partial charge on any atom is 0.191 e. The van der Waals surface area contributed by atoms with Crippen LogP contribution in [-0.4, -0.2) is 24.3 Å². The zero-order valence-corrected chi connectivity index (χ0v) is 13.7. The topological polar surface area (TPSA) is 43.4 Å². The van der Waals surface area contributed by atoms with Gasteiger partial charge in [0.05, 0.1) is 19.8 Å². The largest absolute Gasteiger partial charge is 0.484 e. The molecular formula is C15H15ClF2N2O2S. The van der Waals surface area contributed by atoms with Crippen molar-refractivity contribution < 1.29 is 18.3 Å². The van der Waals surface area contributed by atoms with Gasteiger partial charge in [-0.15, -0.1) is 11.3 Å². The summed E-state index contributed by atoms with van der Waals surface area (Å²) in [5, 5.41) is 2.94. The second kappa shape index (κ2) is 7.42. The number of rotatable bonds is 5. The van der Waals surface area contributed by atoms with Gasteiger partial charge in [-0.3, -0.25) is 0 Å². The molecule has 0 atom stereocenters. The van der Waals surface area contributed by atoms with Crippen molar-refractivity contribution in [3.63, 3.8) is 0 Å². The number of nitrogens with zero attached hydrogens (tertiary/aromatic N) is 1. The van der Waals surface area contributed by atoms with E-state index in [1.807, 2.05) is 0 Å². The lowest BCUT2D eigenvalue weighted by Gasteiger charge is -2.23. The van der Waals surface area contributed by atoms with Gasteiger partial charge in [0.2, 0.25) is 0 Å². The molecule has 0 bridgehead atoms. The highest BCUT2D eigenvalue weighted by Gasteiger charge is 2.20. The van der Waals surface area contributed by atoms with E-state index in [0.717, 1.165) is 4.88 Å². The lowest BCUT2D eigenvalue weighted by atomic mass is 10.1. The fourth-order valence-corrected chi connectivity index (χ4v) is 3.21. The van der Waals surface area contributed by atoms with Crippen molar-refractivity contribution >= 4 is 28.6 Å². The summed E-state index contributed by atoms with van der Waals surface area (Å²) in [6.07, 6.45) is 2.66. The molecule has 8 heteroatoms. The van der Waals surface area contributed by atoms with E-state index in [0.29, 0.717) is 42.8 Å². The van der Waals surface area contributed by atoms with E-state index in [4.69, 9.17) is 21.1 Å². The first-order valence-corrected chi connectivity index (χ1v) is 8.39. The summed E-state index contributed by atoms with van der Waals surface area (Å²) in [5.74, 6) is -1.77. The van der Waals surface area contributed by atoms with Crippen LogP contribution in [0.1, 0.15) is 17.7 Å². The molecule has 2 aromatic rings. The molecule has 4 nitrogen and oxygen atoms in total. The van der Waals surface area contributed by atoms with Crippen molar-refractivity contribution in [2.75, 3.05) is 18.5 Å². The molecule has 2 heterocycles. The van der Waals surface area contributed by atoms with Crippen LogP contribution in [0.25, 0.3) is 0 Å². The zero-order valence-electron chi connectivity index (χ0n) is 12.2. The maximum absolute atomic E-state index is 14.1. The number of ether oxygens (including phenoxy) is 2. The third-order valence-corrected chi connectivity index (χ3v) is 4.56. The highest BCUT2D eigenvalue weighted by Crippen LogP contribution is 2.29. The molecule has 124 valence electrons. The minimum atomic E-state index is -0.721. The first-order chi connectivity index (χ1) is 11.1. The van der Waals surface area contributed by atoms with Gasteiger partial charge in [0.1, 0.15) is 6.10 Å². The van der Waals surface area contributed by atoms with Crippen LogP contribution in [0.3, 0.4) is 0 Å². The molecule has 3 rings (SSSR count). The van der Waals surface area contributed by atoms with Gasteiger partial charge in [-0.1, -0.05) is 11.6 Å². The highest BCUT2D eigenvalue weighted by atomic mass is 35.5. The normalized spacial score (nSPS) is 15.6. The molecule has 1 aliphatic heterocycles. The zero-order chi connectivity index (χ0) is 16.2. The summed E-state index contributed by atoms with van der Waals surface area (Å²) < 4.78 is 39.3. The van der Waals surface area contributed by atoms with Crippen LogP contribution in [0.4, 0.5) is 14.5 Å². The van der Waals surface area contributed by atoms with Gasteiger partial charge in [0.15, 0.2) is 21.9 Å². The van der Waals surface area contributed by atoms with Gasteiger partial charge in [-0.05, 0) is 0 Å². The maximum atomic E-state index is 14.1. The van der Waals surface area contributed by atoms with Crippen LogP contribution < -0.4 is 10.1 Å². The summed E-state index contributed by atoms with van der Waals surface area (Å²) >= 11 is 7.05. The van der Waals surface area contributed by atoms with E-state index in [-0.39, 0.29) is 11.9 Å². The first kappa shape index (κ1) is 16.4. The summed E-state index contributed by atoms with van der Waals surface area (Å²) in [7, 11) is 0. The van der Waals surface area contributed by atoms with Crippen molar-refractivity contribution in [3.8, 4) is 5.75 Å². The molecule has 1 aromatic heterocycles. The molecule has 1 aromatic carbocycles. The number of nitrogens with one attached hydrogen (secondary N) is 1. The smallest absolute Gasteiger partial charge is 0.191 e. The molecule has 1 N–H and O–H groups in total. The van der Waals surface area contributed by atoms with E-state index in [1.54, 1.807) is 6.20 Å². The van der Waals surface area contributed by atoms with E-state index in [9.17, 15) is 8.78 Å². The number of aromatic nitrogens is 1. The highest BCUT2D eigenvalue weighted by molar-refractivity contribution is 7.15. The SMILES string of the molecule is Fc1cc(NCc2cnc(Cl)s2)cc(F)c1OC1CCOCC1. The Labute approximate surface area is 141 Å². The first-order valence-electron chi connectivity index (χ1n) is 7.19. The number of benzene rings is 1. The van der Waals surface area contributed by atoms with Gasteiger partial charge in [-0.25, -0.2) is 13.8 Å². The fraction of sp³-hybridized carbons (Fsp3) is 0.400. The Morgan fingerprint density at radius 3 is 2.61 bits per heavy atom. The molecule has 1 aliphatic rings. The number of hydrogen-bond donors (Lipinski definition) is 1. The molecule has 0 spiro atoms. The van der Waals surface area contributed by atoms with Gasteiger partial charge in [0, 0.05) is 41.7 Å². The van der Waals surface area contributed by atoms with Gasteiger partial charge < -0.3 is 14.8 Å². The second-order valence-electron chi connectivity index (χ2n) is 5.13. The lowest BCUT2D eigenvalue weighted by molar-refractivity contribution is 0.0223. The minimum absolute atomic E-state index is 0.217. The van der Waals surface area contributed by atoms with Crippen molar-refractivity contribution in [2.24, 2.45) is 0 Å². The average Bonchev–Trinajstić information content (AvgIpc) is 2.95. The van der Waals surface area contributed by atoms with Crippen LogP contribution in [-0.2, 0) is 11.3 Å². The van der Waals surface area contributed by atoms with Crippen LogP contribution in [0.2, 0.25) is 4.47 Å². The van der Waals surface area contributed by atoms with E-state index >= 15 is 0 Å². The molecule has 1 saturated heterocycles. The average molecular weight is 361 g/mol. The Balaban J connectivity index is 1.66. The van der Waals surface area contributed by atoms with Crippen molar-refractivity contribution in [3.05, 3.63) is 39.3 Å². The summed E-state index contributed by atoms with van der Waals surface area (Å²) in [6.45, 7) is 1.49. The summed E-state index contributed by atoms with van der Waals surface area (Å²) in [5.41, 5.74) is 0.337. The predicted molar refractivity (Wildman–Crippen MR) is 85.3 cm³/mol. The number of anilines is 1. The monoisotopic (exact) mass is 360 g/mol. The molecule has 23 heavy (non-hydrogen) atoms. The van der Waals surface area contributed by atoms with Crippen LogP contribution in [0.5, 0.6) is 5.75 Å². The Morgan fingerprint density at radius 2 is 2.00 bits per heavy atom. The lowest BCUT2D eigenvalue weighted by Crippen LogP contribution is -2.26. The third kappa shape index (κ3) is 4.31. The van der Waals surface area contributed by atoms with E-state index in [1.165, 1.54) is 23.5 Å². The Hall–Kier alpha value is -1.44. The van der Waals surface area contributed by atoms with Gasteiger partial charge >= 0.3 is 0 Å². The van der Waals surface area contributed by atoms with Gasteiger partial charge in [-0.2, -0.15) is 0 Å². The van der Waals surface area contributed by atoms with Crippen LogP contribution >= 0.6 is 22.9 Å². The van der Waals surface area contributed by atoms with Crippen LogP contribution in [0.15, 0.2) is 18.3 Å². The van der Waals surface area contributed by atoms with Crippen LogP contribution in [0, 0.1) is 11.6 Å². The van der Waals surface area contributed by atoms with Crippen molar-refractivity contribution in [1.82, 2.24) is 4.98 Å². The summed E-state index contributed by atoms with van der Waals surface area (Å²) in [6, 6.07) is 2.45. The molecule has 0 amide bonds. The minimum Gasteiger partial charge on any atom is -0.484 e. The van der Waals surface area contributed by atoms with Crippen molar-refractivity contribution in [1.29, 1.82) is 0 Å². The quantitative estimate of drug-likeness (QED) is 0.865. The third-order valence-electron chi connectivity index (χ3n) is 3.44. The van der Waals surface area contributed by atoms with E-state index < -0.39 is 11.6 Å². The molecular weight excluding hydrogens is 346 g/mol. The number of thiazole rings is 1. The fourth-order valence-electron chi connectivity index (χ4n) is 2.29. The Morgan fingerprint density at radius 1 is 1.30 bits per heavy atom. The summed E-state index contributed by atoms with van der Waals surface area (Å²) in [4.78, 5) is 4.78. The Kier molecular flexibility index (Phi) is 5.30. The predicted octanol–water partition coefficient (Wildman–Crippen LogP) is 4.24. The molecule has 0 unspecified atom stereocenters. The van der Waals surface area contributed by atoms with Crippen molar-refractivity contribution in [2.45, 2.75) is 25.5 Å². The standard InChI is InChI=1S/C15H15ClF2N2O2S/c16-15-20-8-11(23-15)7-19-9-5-12(17)14(13(18)6-9)22-10-1-3-21-4-2-10/h5-6,8,10,19H,1-4,7H2. The number of halogens is 3. The van der Waals surface area contributed by atoms with Gasteiger partial charge in [0.25, 0.3) is 0 Å². The van der Waals surface area contributed by atoms with E-state index in [2.05, 4.69) is 10.3 Å². The number of hydrogen-bond acceptors (Lipinski definition) is 5. The Bertz CT molecular complexity index is 654. The molecule has 0 aliphatic carbocycles. The molecule has 1 fully saturated rings. The molecule has 0 radical (unpaired) electrons.